The lowest BCUT2D eigenvalue weighted by Crippen LogP contribution is -2.27. The fraction of sp³-hybridized carbons (Fsp3) is 0.324. The largest absolute Gasteiger partial charge is 0.444 e. The summed E-state index contributed by atoms with van der Waals surface area (Å²) in [5, 5.41) is 5.58. The van der Waals surface area contributed by atoms with Crippen molar-refractivity contribution in [3.63, 3.8) is 0 Å². The Morgan fingerprint density at radius 1 is 0.957 bits per heavy atom. The van der Waals surface area contributed by atoms with Crippen molar-refractivity contribution in [2.45, 2.75) is 75.8 Å². The van der Waals surface area contributed by atoms with Crippen LogP contribution in [0.1, 0.15) is 36.8 Å². The minimum Gasteiger partial charge on any atom is -0.444 e. The molecular formula is C34H42FN5O5SSi. The maximum Gasteiger partial charge on any atom is 0.412 e. The molecule has 0 aliphatic carbocycles. The van der Waals surface area contributed by atoms with Gasteiger partial charge in [-0.15, -0.1) is 0 Å². The van der Waals surface area contributed by atoms with Crippen LogP contribution in [0.5, 0.6) is 0 Å². The first-order valence-corrected chi connectivity index (χ1v) is 20.4. The summed E-state index contributed by atoms with van der Waals surface area (Å²) in [6, 6.07) is 17.8. The molecule has 0 fully saturated rings. The standard InChI is InChI=1S/C34H42FN5O5SSi/c1-23-21-37-32(40(23)22-44-18-19-47(5,6)7)46(36,43)28-15-10-25(11-16-28)31(41)38-30-20-26(24-8-13-27(35)14-9-24)12-17-29(30)39-33(42)45-34(2,3)4/h8-17,20-21,36H,18-19,22H2,1-7H3,(H,38,41)(H,39,42). The molecule has 0 radical (unpaired) electrons. The summed E-state index contributed by atoms with van der Waals surface area (Å²) >= 11 is 0. The Kier molecular flexibility index (Phi) is 10.7. The van der Waals surface area contributed by atoms with Gasteiger partial charge in [-0.3, -0.25) is 14.7 Å². The zero-order chi connectivity index (χ0) is 34.6. The fourth-order valence-electron chi connectivity index (χ4n) is 4.45. The molecule has 3 aromatic carbocycles. The Balaban J connectivity index is 1.56. The van der Waals surface area contributed by atoms with E-state index < -0.39 is 35.4 Å². The van der Waals surface area contributed by atoms with E-state index in [9.17, 15) is 18.2 Å². The number of rotatable bonds is 11. The summed E-state index contributed by atoms with van der Waals surface area (Å²) < 4.78 is 49.0. The number of carbonyl (C=O) groups excluding carboxylic acids is 2. The number of halogens is 1. The van der Waals surface area contributed by atoms with E-state index >= 15 is 0 Å². The lowest BCUT2D eigenvalue weighted by molar-refractivity contribution is 0.0635. The van der Waals surface area contributed by atoms with Crippen LogP contribution >= 0.6 is 0 Å². The predicted octanol–water partition coefficient (Wildman–Crippen LogP) is 8.37. The van der Waals surface area contributed by atoms with Crippen molar-refractivity contribution in [2.75, 3.05) is 17.2 Å². The molecular weight excluding hydrogens is 638 g/mol. The molecule has 1 heterocycles. The number of hydrogen-bond acceptors (Lipinski definition) is 7. The van der Waals surface area contributed by atoms with Crippen molar-refractivity contribution in [1.82, 2.24) is 9.55 Å². The molecule has 4 rings (SSSR count). The molecule has 1 atom stereocenters. The van der Waals surface area contributed by atoms with E-state index in [1.54, 1.807) is 61.9 Å². The van der Waals surface area contributed by atoms with Crippen molar-refractivity contribution in [3.8, 4) is 11.1 Å². The fourth-order valence-corrected chi connectivity index (χ4v) is 6.64. The smallest absolute Gasteiger partial charge is 0.412 e. The van der Waals surface area contributed by atoms with Crippen molar-refractivity contribution in [2.24, 2.45) is 0 Å². The number of benzene rings is 3. The molecule has 1 aromatic heterocycles. The summed E-state index contributed by atoms with van der Waals surface area (Å²) in [5.74, 6) is -0.889. The number of hydrogen-bond donors (Lipinski definition) is 3. The Bertz CT molecular complexity index is 1850. The van der Waals surface area contributed by atoms with Crippen LogP contribution in [0, 0.1) is 17.5 Å². The Morgan fingerprint density at radius 3 is 2.21 bits per heavy atom. The van der Waals surface area contributed by atoms with Gasteiger partial charge in [-0.25, -0.2) is 23.2 Å². The average molecular weight is 680 g/mol. The molecule has 0 spiro atoms. The van der Waals surface area contributed by atoms with E-state index in [2.05, 4.69) is 35.3 Å². The van der Waals surface area contributed by atoms with Crippen LogP contribution in [-0.2, 0) is 25.9 Å². The van der Waals surface area contributed by atoms with E-state index in [0.717, 1.165) is 11.7 Å². The Labute approximate surface area is 276 Å². The van der Waals surface area contributed by atoms with Gasteiger partial charge < -0.3 is 14.8 Å². The Hall–Kier alpha value is -4.33. The summed E-state index contributed by atoms with van der Waals surface area (Å²) in [6.45, 7) is 14.5. The van der Waals surface area contributed by atoms with Crippen LogP contribution in [-0.4, -0.2) is 46.0 Å². The van der Waals surface area contributed by atoms with Gasteiger partial charge in [0.1, 0.15) is 27.9 Å². The van der Waals surface area contributed by atoms with Crippen LogP contribution in [0.15, 0.2) is 83.0 Å². The molecule has 13 heteroatoms. The van der Waals surface area contributed by atoms with Gasteiger partial charge in [-0.2, -0.15) is 0 Å². The van der Waals surface area contributed by atoms with Crippen molar-refractivity contribution >= 4 is 41.2 Å². The van der Waals surface area contributed by atoms with E-state index in [-0.39, 0.29) is 33.9 Å². The number of nitrogens with zero attached hydrogens (tertiary/aromatic N) is 2. The zero-order valence-electron chi connectivity index (χ0n) is 27.8. The third-order valence-electron chi connectivity index (χ3n) is 7.02. The van der Waals surface area contributed by atoms with Crippen LogP contribution in [0.4, 0.5) is 20.6 Å². The number of aromatic nitrogens is 2. The second-order valence-electron chi connectivity index (χ2n) is 13.4. The highest BCUT2D eigenvalue weighted by Crippen LogP contribution is 2.31. The van der Waals surface area contributed by atoms with Gasteiger partial charge in [0, 0.05) is 32.1 Å². The van der Waals surface area contributed by atoms with E-state index in [4.69, 9.17) is 14.3 Å². The molecule has 4 aromatic rings. The maximum atomic E-state index is 13.8. The quantitative estimate of drug-likeness (QED) is 0.108. The van der Waals surface area contributed by atoms with Gasteiger partial charge in [-0.1, -0.05) is 37.8 Å². The number of amides is 2. The predicted molar refractivity (Wildman–Crippen MR) is 185 cm³/mol. The maximum absolute atomic E-state index is 13.8. The molecule has 1 unspecified atom stereocenters. The van der Waals surface area contributed by atoms with Crippen molar-refractivity contribution < 1.29 is 27.7 Å². The highest BCUT2D eigenvalue weighted by atomic mass is 32.2. The zero-order valence-corrected chi connectivity index (χ0v) is 29.6. The van der Waals surface area contributed by atoms with Crippen LogP contribution in [0.2, 0.25) is 25.7 Å². The minimum atomic E-state index is -3.53. The van der Waals surface area contributed by atoms with Crippen molar-refractivity contribution in [3.05, 3.63) is 90.0 Å². The second kappa shape index (κ2) is 14.2. The summed E-state index contributed by atoms with van der Waals surface area (Å²) in [5.41, 5.74) is 2.17. The molecule has 3 N–H and O–H groups in total. The lowest BCUT2D eigenvalue weighted by Gasteiger charge is -2.21. The van der Waals surface area contributed by atoms with Crippen LogP contribution in [0.3, 0.4) is 0 Å². The topological polar surface area (TPSA) is 135 Å². The molecule has 0 saturated heterocycles. The highest BCUT2D eigenvalue weighted by Gasteiger charge is 2.23. The lowest BCUT2D eigenvalue weighted by atomic mass is 10.0. The molecule has 0 aliphatic heterocycles. The van der Waals surface area contributed by atoms with E-state index in [1.807, 2.05) is 6.92 Å². The second-order valence-corrected chi connectivity index (χ2v) is 21.0. The molecule has 2 amide bonds. The van der Waals surface area contributed by atoms with Gasteiger partial charge in [0.05, 0.1) is 16.3 Å². The van der Waals surface area contributed by atoms with Gasteiger partial charge in [0.2, 0.25) is 5.16 Å². The first-order valence-electron chi connectivity index (χ1n) is 15.1. The molecule has 10 nitrogen and oxygen atoms in total. The number of imidazole rings is 1. The number of ether oxygens (including phenoxy) is 2. The Morgan fingerprint density at radius 2 is 1.60 bits per heavy atom. The van der Waals surface area contributed by atoms with Gasteiger partial charge in [0.25, 0.3) is 5.91 Å². The first-order chi connectivity index (χ1) is 21.9. The summed E-state index contributed by atoms with van der Waals surface area (Å²) in [6.07, 6.45) is 0.864. The minimum absolute atomic E-state index is 0.0793. The number of nitrogens with one attached hydrogen (secondary N) is 3. The van der Waals surface area contributed by atoms with Crippen LogP contribution < -0.4 is 10.6 Å². The normalized spacial score (nSPS) is 13.1. The van der Waals surface area contributed by atoms with E-state index in [0.29, 0.717) is 23.4 Å². The van der Waals surface area contributed by atoms with E-state index in [1.165, 1.54) is 36.4 Å². The molecule has 250 valence electrons. The highest BCUT2D eigenvalue weighted by molar-refractivity contribution is 7.92. The molecule has 0 aliphatic rings. The average Bonchev–Trinajstić information content (AvgIpc) is 3.36. The number of carbonyl (C=O) groups is 2. The van der Waals surface area contributed by atoms with Gasteiger partial charge in [-0.05, 0) is 93.4 Å². The molecule has 0 bridgehead atoms. The van der Waals surface area contributed by atoms with Crippen LogP contribution in [0.25, 0.3) is 11.1 Å². The molecule has 0 saturated carbocycles. The third-order valence-corrected chi connectivity index (χ3v) is 10.5. The monoisotopic (exact) mass is 679 g/mol. The third kappa shape index (κ3) is 9.59. The SMILES string of the molecule is Cc1cnc(S(=N)(=O)c2ccc(C(=O)Nc3cc(-c4ccc(F)cc4)ccc3NC(=O)OC(C)(C)C)cc2)n1COCC[Si](C)(C)C. The molecule has 47 heavy (non-hydrogen) atoms. The summed E-state index contributed by atoms with van der Waals surface area (Å²) in [4.78, 5) is 30.5. The van der Waals surface area contributed by atoms with Gasteiger partial charge in [0.15, 0.2) is 0 Å². The number of anilines is 2. The van der Waals surface area contributed by atoms with Gasteiger partial charge >= 0.3 is 6.09 Å². The van der Waals surface area contributed by atoms with Crippen molar-refractivity contribution in [1.29, 1.82) is 4.78 Å². The number of aryl methyl sites for hydroxylation is 1. The first kappa shape index (κ1) is 35.5. The summed E-state index contributed by atoms with van der Waals surface area (Å²) in [7, 11) is -4.82.